The fourth-order valence-electron chi connectivity index (χ4n) is 3.24. The number of anilines is 1. The van der Waals surface area contributed by atoms with Gasteiger partial charge in [-0.1, -0.05) is 29.3 Å². The van der Waals surface area contributed by atoms with Gasteiger partial charge in [0, 0.05) is 26.2 Å². The second-order valence-corrected chi connectivity index (χ2v) is 8.14. The summed E-state index contributed by atoms with van der Waals surface area (Å²) in [7, 11) is 0. The molecule has 1 amide bonds. The molecule has 1 saturated heterocycles. The minimum absolute atomic E-state index is 0.0703. The van der Waals surface area contributed by atoms with Crippen LogP contribution in [0.5, 0.6) is 5.75 Å². The zero-order chi connectivity index (χ0) is 19.7. The van der Waals surface area contributed by atoms with Crippen molar-refractivity contribution in [2.45, 2.75) is 13.0 Å². The Morgan fingerprint density at radius 2 is 1.96 bits per heavy atom. The Morgan fingerprint density at radius 3 is 2.75 bits per heavy atom. The molecule has 0 N–H and O–H groups in total. The number of hydrogen-bond donors (Lipinski definition) is 0. The van der Waals surface area contributed by atoms with Gasteiger partial charge in [-0.3, -0.25) is 4.79 Å². The van der Waals surface area contributed by atoms with Gasteiger partial charge in [0.25, 0.3) is 5.91 Å². The molecule has 1 unspecified atom stereocenters. The molecular weight excluding hydrogens is 419 g/mol. The van der Waals surface area contributed by atoms with Gasteiger partial charge < -0.3 is 14.5 Å². The van der Waals surface area contributed by atoms with Crippen molar-refractivity contribution in [1.82, 2.24) is 14.9 Å². The molecule has 1 aromatic carbocycles. The Bertz CT molecular complexity index is 1000. The highest BCUT2D eigenvalue weighted by Gasteiger charge is 2.27. The van der Waals surface area contributed by atoms with Crippen molar-refractivity contribution in [3.63, 3.8) is 0 Å². The number of nitrogens with zero attached hydrogens (tertiary/aromatic N) is 4. The third-order valence-corrected chi connectivity index (χ3v) is 6.32. The summed E-state index contributed by atoms with van der Waals surface area (Å²) < 4.78 is 5.76. The summed E-state index contributed by atoms with van der Waals surface area (Å²) in [6, 6.07) is 7.17. The highest BCUT2D eigenvalue weighted by molar-refractivity contribution is 7.16. The van der Waals surface area contributed by atoms with Crippen molar-refractivity contribution < 1.29 is 9.53 Å². The lowest BCUT2D eigenvalue weighted by Gasteiger charge is -2.36. The monoisotopic (exact) mass is 436 g/mol. The molecule has 0 spiro atoms. The number of amides is 1. The molecular formula is C19H18Cl2N4O2S. The first-order chi connectivity index (χ1) is 13.5. The van der Waals surface area contributed by atoms with E-state index in [-0.39, 0.29) is 5.91 Å². The van der Waals surface area contributed by atoms with Crippen LogP contribution in [0.25, 0.3) is 10.2 Å². The van der Waals surface area contributed by atoms with Crippen LogP contribution < -0.4 is 9.64 Å². The summed E-state index contributed by atoms with van der Waals surface area (Å²) in [5, 5.41) is 3.79. The van der Waals surface area contributed by atoms with Crippen LogP contribution in [0.15, 0.2) is 36.0 Å². The number of thiophene rings is 1. The number of fused-ring (bicyclic) bond motifs is 1. The van der Waals surface area contributed by atoms with E-state index in [1.807, 2.05) is 16.3 Å². The molecule has 28 heavy (non-hydrogen) atoms. The number of ether oxygens (including phenoxy) is 1. The predicted octanol–water partition coefficient (Wildman–Crippen LogP) is 4.11. The van der Waals surface area contributed by atoms with E-state index in [4.69, 9.17) is 27.9 Å². The van der Waals surface area contributed by atoms with E-state index < -0.39 is 6.10 Å². The van der Waals surface area contributed by atoms with Gasteiger partial charge in [-0.15, -0.1) is 11.3 Å². The largest absolute Gasteiger partial charge is 0.479 e. The van der Waals surface area contributed by atoms with Crippen LogP contribution in [-0.4, -0.2) is 53.1 Å². The highest BCUT2D eigenvalue weighted by atomic mass is 35.5. The van der Waals surface area contributed by atoms with Crippen molar-refractivity contribution in [2.75, 3.05) is 31.1 Å². The maximum absolute atomic E-state index is 12.8. The molecule has 0 radical (unpaired) electrons. The molecule has 3 heterocycles. The lowest BCUT2D eigenvalue weighted by atomic mass is 10.2. The molecule has 1 aliphatic heterocycles. The summed E-state index contributed by atoms with van der Waals surface area (Å²) in [4.78, 5) is 26.5. The van der Waals surface area contributed by atoms with E-state index in [9.17, 15) is 4.79 Å². The topological polar surface area (TPSA) is 58.6 Å². The van der Waals surface area contributed by atoms with Crippen LogP contribution in [0.1, 0.15) is 6.92 Å². The van der Waals surface area contributed by atoms with Crippen LogP contribution >= 0.6 is 34.5 Å². The van der Waals surface area contributed by atoms with Crippen LogP contribution in [0, 0.1) is 0 Å². The van der Waals surface area contributed by atoms with E-state index >= 15 is 0 Å². The maximum Gasteiger partial charge on any atom is 0.263 e. The third-order valence-electron chi connectivity index (χ3n) is 4.70. The smallest absolute Gasteiger partial charge is 0.263 e. The minimum Gasteiger partial charge on any atom is -0.479 e. The summed E-state index contributed by atoms with van der Waals surface area (Å²) in [6.45, 7) is 4.35. The summed E-state index contributed by atoms with van der Waals surface area (Å²) in [6.07, 6.45) is 0.946. The number of aromatic nitrogens is 2. The highest BCUT2D eigenvalue weighted by Crippen LogP contribution is 2.32. The van der Waals surface area contributed by atoms with E-state index in [0.717, 1.165) is 16.0 Å². The molecule has 1 aliphatic rings. The number of carbonyl (C=O) groups excluding carboxylic acids is 1. The van der Waals surface area contributed by atoms with Crippen molar-refractivity contribution in [3.05, 3.63) is 46.0 Å². The molecule has 6 nitrogen and oxygen atoms in total. The van der Waals surface area contributed by atoms with Gasteiger partial charge in [-0.25, -0.2) is 9.97 Å². The molecule has 4 rings (SSSR count). The Kier molecular flexibility index (Phi) is 5.57. The fourth-order valence-corrected chi connectivity index (χ4v) is 4.30. The molecule has 0 aliphatic carbocycles. The number of piperazine rings is 1. The Hall–Kier alpha value is -2.09. The van der Waals surface area contributed by atoms with E-state index in [2.05, 4.69) is 14.9 Å². The molecule has 1 fully saturated rings. The number of benzene rings is 1. The van der Waals surface area contributed by atoms with Crippen molar-refractivity contribution >= 4 is 56.5 Å². The van der Waals surface area contributed by atoms with Crippen molar-refractivity contribution in [3.8, 4) is 5.75 Å². The van der Waals surface area contributed by atoms with Gasteiger partial charge >= 0.3 is 0 Å². The normalized spacial score (nSPS) is 15.7. The van der Waals surface area contributed by atoms with Crippen LogP contribution in [0.2, 0.25) is 10.0 Å². The molecule has 0 bridgehead atoms. The summed E-state index contributed by atoms with van der Waals surface area (Å²) >= 11 is 13.8. The first-order valence-electron chi connectivity index (χ1n) is 8.87. The Labute approximate surface area is 176 Å². The maximum atomic E-state index is 12.8. The number of hydrogen-bond acceptors (Lipinski definition) is 6. The second-order valence-electron chi connectivity index (χ2n) is 6.46. The average Bonchev–Trinajstić information content (AvgIpc) is 3.20. The zero-order valence-corrected chi connectivity index (χ0v) is 17.5. The van der Waals surface area contributed by atoms with Crippen LogP contribution in [0.3, 0.4) is 0 Å². The van der Waals surface area contributed by atoms with Gasteiger partial charge in [-0.05, 0) is 30.5 Å². The molecule has 3 aromatic rings. The number of carbonyl (C=O) groups is 1. The quantitative estimate of drug-likeness (QED) is 0.615. The average molecular weight is 437 g/mol. The molecule has 0 saturated carbocycles. The molecule has 1 atom stereocenters. The van der Waals surface area contributed by atoms with E-state index in [1.54, 1.807) is 42.8 Å². The van der Waals surface area contributed by atoms with Crippen molar-refractivity contribution in [1.29, 1.82) is 0 Å². The SMILES string of the molecule is CC(Oc1cccc(Cl)c1Cl)C(=O)N1CCN(c2ncnc3sccc23)CC1. The summed E-state index contributed by atoms with van der Waals surface area (Å²) in [5.41, 5.74) is 0. The van der Waals surface area contributed by atoms with Crippen LogP contribution in [-0.2, 0) is 4.79 Å². The van der Waals surface area contributed by atoms with E-state index in [0.29, 0.717) is 42.0 Å². The zero-order valence-electron chi connectivity index (χ0n) is 15.1. The molecule has 2 aromatic heterocycles. The van der Waals surface area contributed by atoms with Crippen molar-refractivity contribution in [2.24, 2.45) is 0 Å². The predicted molar refractivity (Wildman–Crippen MR) is 113 cm³/mol. The lowest BCUT2D eigenvalue weighted by Crippen LogP contribution is -2.52. The Balaban J connectivity index is 1.40. The standard InChI is InChI=1S/C19H18Cl2N4O2S/c1-12(27-15-4-2-3-14(20)16(15)21)19(26)25-8-6-24(7-9-25)17-13-5-10-28-18(13)23-11-22-17/h2-5,10-12H,6-9H2,1H3. The molecule has 9 heteroatoms. The Morgan fingerprint density at radius 1 is 1.18 bits per heavy atom. The second kappa shape index (κ2) is 8.11. The van der Waals surface area contributed by atoms with Gasteiger partial charge in [0.2, 0.25) is 0 Å². The minimum atomic E-state index is -0.648. The van der Waals surface area contributed by atoms with Crippen LogP contribution in [0.4, 0.5) is 5.82 Å². The van der Waals surface area contributed by atoms with Gasteiger partial charge in [0.15, 0.2) is 6.10 Å². The lowest BCUT2D eigenvalue weighted by molar-refractivity contribution is -0.138. The molecule has 146 valence electrons. The number of rotatable bonds is 4. The van der Waals surface area contributed by atoms with E-state index in [1.165, 1.54) is 0 Å². The third kappa shape index (κ3) is 3.74. The first kappa shape index (κ1) is 19.2. The number of halogens is 2. The first-order valence-corrected chi connectivity index (χ1v) is 10.5. The van der Waals surface area contributed by atoms with Gasteiger partial charge in [0.1, 0.15) is 27.7 Å². The van der Waals surface area contributed by atoms with Gasteiger partial charge in [-0.2, -0.15) is 0 Å². The summed E-state index contributed by atoms with van der Waals surface area (Å²) in [5.74, 6) is 1.27. The van der Waals surface area contributed by atoms with Gasteiger partial charge in [0.05, 0.1) is 10.4 Å². The fraction of sp³-hybridized carbons (Fsp3) is 0.316.